The van der Waals surface area contributed by atoms with Gasteiger partial charge in [0.15, 0.2) is 0 Å². The molecular formula is C21H29N5OS. The molecule has 28 heavy (non-hydrogen) atoms. The highest BCUT2D eigenvalue weighted by atomic mass is 32.2. The normalized spacial score (nSPS) is 25.4. The van der Waals surface area contributed by atoms with Crippen molar-refractivity contribution in [2.24, 2.45) is 5.92 Å². The number of carbonyl (C=O) groups excluding carboxylic acids is 1. The lowest BCUT2D eigenvalue weighted by atomic mass is 9.85. The molecule has 3 aliphatic rings. The number of rotatable bonds is 6. The molecule has 6 nitrogen and oxygen atoms in total. The van der Waals surface area contributed by atoms with Crippen molar-refractivity contribution in [2.45, 2.75) is 56.7 Å². The predicted molar refractivity (Wildman–Crippen MR) is 115 cm³/mol. The Morgan fingerprint density at radius 2 is 2.07 bits per heavy atom. The maximum atomic E-state index is 12.9. The SMILES string of the molecule is CCN1CN([C@H]2CC[C@H](CNSC3CC3)CC2)c2c(cnc3[nH]ccc23)C1=O. The van der Waals surface area contributed by atoms with Crippen LogP contribution in [0.1, 0.15) is 55.8 Å². The summed E-state index contributed by atoms with van der Waals surface area (Å²) in [5.74, 6) is 0.889. The van der Waals surface area contributed by atoms with Gasteiger partial charge in [0.05, 0.1) is 17.9 Å². The molecule has 0 saturated heterocycles. The predicted octanol–water partition coefficient (Wildman–Crippen LogP) is 3.76. The van der Waals surface area contributed by atoms with E-state index in [4.69, 9.17) is 0 Å². The van der Waals surface area contributed by atoms with E-state index in [1.165, 1.54) is 38.5 Å². The first-order chi connectivity index (χ1) is 13.7. The van der Waals surface area contributed by atoms with Gasteiger partial charge in [0.25, 0.3) is 5.91 Å². The minimum atomic E-state index is 0.110. The van der Waals surface area contributed by atoms with Crippen LogP contribution >= 0.6 is 11.9 Å². The van der Waals surface area contributed by atoms with Crippen molar-refractivity contribution in [1.82, 2.24) is 19.6 Å². The highest BCUT2D eigenvalue weighted by Crippen LogP contribution is 2.39. The molecule has 7 heteroatoms. The fraction of sp³-hybridized carbons (Fsp3) is 0.619. The molecule has 0 unspecified atom stereocenters. The molecule has 150 valence electrons. The largest absolute Gasteiger partial charge is 0.349 e. The highest BCUT2D eigenvalue weighted by molar-refractivity contribution is 7.98. The summed E-state index contributed by atoms with van der Waals surface area (Å²) in [6.45, 7) is 4.62. The second kappa shape index (κ2) is 7.59. The number of anilines is 1. The first kappa shape index (κ1) is 18.3. The second-order valence-electron chi connectivity index (χ2n) is 8.37. The van der Waals surface area contributed by atoms with Crippen molar-refractivity contribution in [3.8, 4) is 0 Å². The first-order valence-electron chi connectivity index (χ1n) is 10.6. The molecule has 0 bridgehead atoms. The van der Waals surface area contributed by atoms with Gasteiger partial charge in [0.2, 0.25) is 0 Å². The van der Waals surface area contributed by atoms with Crippen LogP contribution in [-0.4, -0.2) is 51.8 Å². The number of aromatic nitrogens is 2. The molecule has 5 rings (SSSR count). The maximum absolute atomic E-state index is 12.9. The van der Waals surface area contributed by atoms with E-state index in [-0.39, 0.29) is 5.91 Å². The summed E-state index contributed by atoms with van der Waals surface area (Å²) in [5.41, 5.74) is 2.72. The van der Waals surface area contributed by atoms with Crippen molar-refractivity contribution in [1.29, 1.82) is 0 Å². The van der Waals surface area contributed by atoms with Crippen LogP contribution in [0.15, 0.2) is 18.5 Å². The molecule has 3 heterocycles. The topological polar surface area (TPSA) is 64.3 Å². The van der Waals surface area contributed by atoms with E-state index in [2.05, 4.69) is 32.6 Å². The molecule has 2 aliphatic carbocycles. The lowest BCUT2D eigenvalue weighted by molar-refractivity contribution is 0.0741. The Kier molecular flexibility index (Phi) is 4.97. The second-order valence-corrected chi connectivity index (χ2v) is 9.56. The van der Waals surface area contributed by atoms with Gasteiger partial charge in [-0.1, -0.05) is 11.9 Å². The number of aromatic amines is 1. The molecule has 1 aliphatic heterocycles. The Balaban J connectivity index is 1.34. The highest BCUT2D eigenvalue weighted by Gasteiger charge is 2.36. The van der Waals surface area contributed by atoms with Gasteiger partial charge in [-0.15, -0.1) is 0 Å². The Morgan fingerprint density at radius 3 is 2.82 bits per heavy atom. The van der Waals surface area contributed by atoms with Crippen molar-refractivity contribution in [2.75, 3.05) is 24.7 Å². The van der Waals surface area contributed by atoms with Gasteiger partial charge in [-0.05, 0) is 57.4 Å². The van der Waals surface area contributed by atoms with Crippen molar-refractivity contribution < 1.29 is 4.79 Å². The summed E-state index contributed by atoms with van der Waals surface area (Å²) in [6, 6.07) is 2.56. The Morgan fingerprint density at radius 1 is 1.25 bits per heavy atom. The average molecular weight is 400 g/mol. The van der Waals surface area contributed by atoms with E-state index in [0.717, 1.165) is 46.5 Å². The summed E-state index contributed by atoms with van der Waals surface area (Å²) in [7, 11) is 0. The van der Waals surface area contributed by atoms with Crippen molar-refractivity contribution in [3.63, 3.8) is 0 Å². The average Bonchev–Trinajstić information content (AvgIpc) is 3.42. The van der Waals surface area contributed by atoms with E-state index in [1.807, 2.05) is 23.0 Å². The van der Waals surface area contributed by atoms with Gasteiger partial charge in [-0.25, -0.2) is 4.98 Å². The molecular weight excluding hydrogens is 370 g/mol. The fourth-order valence-electron chi connectivity index (χ4n) is 4.62. The minimum Gasteiger partial charge on any atom is -0.349 e. The van der Waals surface area contributed by atoms with E-state index in [0.29, 0.717) is 12.7 Å². The Labute approximate surface area is 170 Å². The lowest BCUT2D eigenvalue weighted by Crippen LogP contribution is -2.51. The lowest BCUT2D eigenvalue weighted by Gasteiger charge is -2.44. The summed E-state index contributed by atoms with van der Waals surface area (Å²) >= 11 is 1.95. The van der Waals surface area contributed by atoms with Gasteiger partial charge in [-0.3, -0.25) is 9.52 Å². The molecule has 0 aromatic carbocycles. The first-order valence-corrected chi connectivity index (χ1v) is 11.5. The van der Waals surface area contributed by atoms with Crippen LogP contribution in [0.5, 0.6) is 0 Å². The smallest absolute Gasteiger partial charge is 0.258 e. The van der Waals surface area contributed by atoms with Gasteiger partial charge < -0.3 is 14.8 Å². The minimum absolute atomic E-state index is 0.110. The van der Waals surface area contributed by atoms with Crippen LogP contribution in [0.25, 0.3) is 11.0 Å². The molecule has 2 fully saturated rings. The van der Waals surface area contributed by atoms with Crippen molar-refractivity contribution in [3.05, 3.63) is 24.0 Å². The monoisotopic (exact) mass is 399 g/mol. The number of nitrogens with one attached hydrogen (secondary N) is 2. The third-order valence-electron chi connectivity index (χ3n) is 6.47. The number of pyridine rings is 1. The Bertz CT molecular complexity index is 856. The summed E-state index contributed by atoms with van der Waals surface area (Å²) in [4.78, 5) is 25.0. The zero-order chi connectivity index (χ0) is 19.1. The van der Waals surface area contributed by atoms with Gasteiger partial charge in [0, 0.05) is 42.2 Å². The number of carbonyl (C=O) groups is 1. The van der Waals surface area contributed by atoms with E-state index in [1.54, 1.807) is 6.20 Å². The van der Waals surface area contributed by atoms with Gasteiger partial charge in [-0.2, -0.15) is 0 Å². The maximum Gasteiger partial charge on any atom is 0.258 e. The number of hydrogen-bond donors (Lipinski definition) is 2. The van der Waals surface area contributed by atoms with Crippen molar-refractivity contribution >= 4 is 34.6 Å². The zero-order valence-electron chi connectivity index (χ0n) is 16.5. The molecule has 2 aromatic rings. The molecule has 0 radical (unpaired) electrons. The number of fused-ring (bicyclic) bond motifs is 3. The standard InChI is InChI=1S/C21H29N5OS/c1-2-25-13-26(15-5-3-14(4-6-15)11-24-28-16-7-8-16)19-17-9-10-22-20(17)23-12-18(19)21(25)27/h9-10,12,14-16,24H,2-8,11,13H2,1H3,(H,22,23)/t14-,15-. The molecule has 2 saturated carbocycles. The summed E-state index contributed by atoms with van der Waals surface area (Å²) in [5, 5.41) is 1.95. The van der Waals surface area contributed by atoms with E-state index >= 15 is 0 Å². The number of H-pyrrole nitrogens is 1. The molecule has 2 aromatic heterocycles. The summed E-state index contributed by atoms with van der Waals surface area (Å²) < 4.78 is 3.61. The van der Waals surface area contributed by atoms with E-state index in [9.17, 15) is 4.79 Å². The quantitative estimate of drug-likeness (QED) is 0.724. The number of nitrogens with zero attached hydrogens (tertiary/aromatic N) is 3. The molecule has 0 atom stereocenters. The zero-order valence-corrected chi connectivity index (χ0v) is 17.3. The number of amides is 1. The summed E-state index contributed by atoms with van der Waals surface area (Å²) in [6.07, 6.45) is 11.4. The van der Waals surface area contributed by atoms with E-state index < -0.39 is 0 Å². The van der Waals surface area contributed by atoms with Gasteiger partial charge in [0.1, 0.15) is 5.65 Å². The number of hydrogen-bond acceptors (Lipinski definition) is 5. The van der Waals surface area contributed by atoms with Crippen LogP contribution < -0.4 is 9.62 Å². The molecule has 2 N–H and O–H groups in total. The van der Waals surface area contributed by atoms with Crippen LogP contribution in [0.3, 0.4) is 0 Å². The van der Waals surface area contributed by atoms with Crippen LogP contribution in [-0.2, 0) is 0 Å². The molecule has 1 amide bonds. The van der Waals surface area contributed by atoms with Crippen LogP contribution in [0.4, 0.5) is 5.69 Å². The Hall–Kier alpha value is -1.73. The van der Waals surface area contributed by atoms with Crippen LogP contribution in [0, 0.1) is 5.92 Å². The molecule has 0 spiro atoms. The van der Waals surface area contributed by atoms with Crippen LogP contribution in [0.2, 0.25) is 0 Å². The third kappa shape index (κ3) is 3.39. The third-order valence-corrected chi connectivity index (χ3v) is 7.61. The fourth-order valence-corrected chi connectivity index (χ4v) is 5.56. The van der Waals surface area contributed by atoms with Gasteiger partial charge >= 0.3 is 0 Å².